The van der Waals surface area contributed by atoms with E-state index in [1.807, 2.05) is 40.7 Å². The summed E-state index contributed by atoms with van der Waals surface area (Å²) in [7, 11) is 3.14. The summed E-state index contributed by atoms with van der Waals surface area (Å²) in [4.78, 5) is 39.0. The fourth-order valence-electron chi connectivity index (χ4n) is 4.97. The molecule has 1 fully saturated rings. The van der Waals surface area contributed by atoms with Crippen molar-refractivity contribution in [3.05, 3.63) is 41.0 Å². The fraction of sp³-hybridized carbons (Fsp3) is 0.414. The highest BCUT2D eigenvalue weighted by Crippen LogP contribution is 2.39. The van der Waals surface area contributed by atoms with Gasteiger partial charge in [0, 0.05) is 37.6 Å². The van der Waals surface area contributed by atoms with Crippen LogP contribution in [0.1, 0.15) is 56.1 Å². The second-order valence-corrected chi connectivity index (χ2v) is 11.9. The summed E-state index contributed by atoms with van der Waals surface area (Å²) in [6.45, 7) is 10.7. The van der Waals surface area contributed by atoms with Crippen molar-refractivity contribution in [2.75, 3.05) is 43.2 Å². The molecule has 0 aliphatic carbocycles. The highest BCUT2D eigenvalue weighted by molar-refractivity contribution is 7.21. The molecule has 216 valence electrons. The van der Waals surface area contributed by atoms with Gasteiger partial charge in [-0.05, 0) is 58.9 Å². The average molecular weight is 578 g/mol. The number of aromatic nitrogens is 1. The second kappa shape index (κ2) is 11.6. The number of benzene rings is 2. The van der Waals surface area contributed by atoms with Gasteiger partial charge < -0.3 is 25.4 Å². The van der Waals surface area contributed by atoms with Crippen molar-refractivity contribution in [3.63, 3.8) is 0 Å². The topological polar surface area (TPSA) is 146 Å². The molecule has 2 aromatic carbocycles. The van der Waals surface area contributed by atoms with Crippen molar-refractivity contribution in [1.82, 2.24) is 9.88 Å². The van der Waals surface area contributed by atoms with Gasteiger partial charge >= 0.3 is 6.09 Å². The first-order chi connectivity index (χ1) is 19.4. The number of anilines is 3. The Bertz CT molecular complexity index is 1540. The molecule has 2 atom stereocenters. The number of methoxy groups -OCH3 is 1. The van der Waals surface area contributed by atoms with Gasteiger partial charge in [0.15, 0.2) is 0 Å². The summed E-state index contributed by atoms with van der Waals surface area (Å²) in [6, 6.07) is 8.67. The van der Waals surface area contributed by atoms with Gasteiger partial charge in [-0.3, -0.25) is 14.7 Å². The molecule has 1 aromatic heterocycles. The van der Waals surface area contributed by atoms with Gasteiger partial charge in [-0.25, -0.2) is 9.78 Å². The number of ether oxygens (including phenoxy) is 2. The maximum absolute atomic E-state index is 13.5. The van der Waals surface area contributed by atoms with Crippen molar-refractivity contribution in [2.45, 2.75) is 52.3 Å². The highest BCUT2D eigenvalue weighted by Gasteiger charge is 2.36. The molecule has 2 heterocycles. The molecule has 0 saturated carbocycles. The van der Waals surface area contributed by atoms with E-state index in [1.165, 1.54) is 30.7 Å². The maximum atomic E-state index is 13.5. The number of nitrogens with one attached hydrogen (secondary N) is 1. The third-order valence-corrected chi connectivity index (χ3v) is 7.68. The normalized spacial score (nSPS) is 17.5. The molecule has 11 nitrogen and oxygen atoms in total. The Balaban J connectivity index is 1.66. The number of hydrogen-bond donors (Lipinski definition) is 2. The number of nitrogens with two attached hydrogens (primary N) is 1. The summed E-state index contributed by atoms with van der Waals surface area (Å²) in [5.41, 5.74) is 8.72. The van der Waals surface area contributed by atoms with E-state index in [-0.39, 0.29) is 29.6 Å². The van der Waals surface area contributed by atoms with Crippen LogP contribution in [0.15, 0.2) is 29.3 Å². The number of nitrogens with zero attached hydrogens (tertiary/aromatic N) is 5. The van der Waals surface area contributed by atoms with E-state index in [9.17, 15) is 14.9 Å². The Morgan fingerprint density at radius 1 is 1.24 bits per heavy atom. The molecule has 41 heavy (non-hydrogen) atoms. The quantitative estimate of drug-likeness (QED) is 0.322. The molecule has 0 bridgehead atoms. The van der Waals surface area contributed by atoms with Crippen LogP contribution >= 0.6 is 11.3 Å². The third kappa shape index (κ3) is 6.20. The summed E-state index contributed by atoms with van der Waals surface area (Å²) < 4.78 is 11.9. The summed E-state index contributed by atoms with van der Waals surface area (Å²) in [5.74, 6) is -0.390. The van der Waals surface area contributed by atoms with E-state index in [2.05, 4.69) is 26.3 Å². The van der Waals surface area contributed by atoms with E-state index < -0.39 is 5.60 Å². The molecule has 0 unspecified atom stereocenters. The largest absolute Gasteiger partial charge is 0.473 e. The van der Waals surface area contributed by atoms with Crippen LogP contribution in [-0.2, 0) is 4.74 Å². The van der Waals surface area contributed by atoms with Gasteiger partial charge in [0.1, 0.15) is 17.2 Å². The van der Waals surface area contributed by atoms with Gasteiger partial charge in [-0.15, -0.1) is 0 Å². The Hall–Kier alpha value is -4.37. The highest BCUT2D eigenvalue weighted by atomic mass is 32.1. The molecule has 4 rings (SSSR count). The Morgan fingerprint density at radius 2 is 1.93 bits per heavy atom. The van der Waals surface area contributed by atoms with E-state index in [4.69, 9.17) is 15.2 Å². The first-order valence-electron chi connectivity index (χ1n) is 13.2. The molecule has 3 N–H and O–H groups in total. The molecule has 1 aliphatic rings. The standard InChI is InChI=1S/C29H35N7O4S/c1-16-14-35(15-17(2)36(16)28(38)40-29(3,4)5)22-9-8-21(24-25(22)41-27(34-24)39-7)26(37)33-20-10-18(12-30)23(31)19(11-20)13-32-6/h8-11,13,16-17H,14-15,31H2,1-7H3,(H,33,37)/t16-,17-/m0/s1. The SMILES string of the molecule is CN=Cc1cc(NC(=O)c2ccc(N3C[C@H](C)N(C(=O)OC(C)(C)C)[C@@H](C)C3)c3sc(OC)nc23)cc(C#N)c1N. The van der Waals surface area contributed by atoms with Gasteiger partial charge in [0.25, 0.3) is 11.1 Å². The van der Waals surface area contributed by atoms with Gasteiger partial charge in [-0.1, -0.05) is 11.3 Å². The van der Waals surface area contributed by atoms with Gasteiger partial charge in [0.2, 0.25) is 0 Å². The van der Waals surface area contributed by atoms with Crippen molar-refractivity contribution >= 4 is 56.8 Å². The number of piperazine rings is 1. The lowest BCUT2D eigenvalue weighted by Gasteiger charge is -2.45. The molecular formula is C29H35N7O4S. The number of hydrogen-bond acceptors (Lipinski definition) is 10. The van der Waals surface area contributed by atoms with Crippen molar-refractivity contribution in [3.8, 4) is 11.3 Å². The zero-order valence-corrected chi connectivity index (χ0v) is 25.1. The number of nitriles is 1. The fourth-order valence-corrected chi connectivity index (χ4v) is 5.92. The minimum Gasteiger partial charge on any atom is -0.473 e. The number of nitrogen functional groups attached to an aromatic ring is 1. The number of amides is 2. The maximum Gasteiger partial charge on any atom is 0.410 e. The number of aliphatic imine (C=N–C) groups is 1. The van der Waals surface area contributed by atoms with E-state index in [0.717, 1.165) is 10.4 Å². The van der Waals surface area contributed by atoms with E-state index >= 15 is 0 Å². The lowest BCUT2D eigenvalue weighted by molar-refractivity contribution is 0.00567. The molecule has 2 amide bonds. The van der Waals surface area contributed by atoms with E-state index in [1.54, 1.807) is 24.1 Å². The van der Waals surface area contributed by atoms with Crippen molar-refractivity contribution in [2.24, 2.45) is 4.99 Å². The minimum atomic E-state index is -0.580. The van der Waals surface area contributed by atoms with Gasteiger partial charge in [0.05, 0.1) is 46.4 Å². The smallest absolute Gasteiger partial charge is 0.410 e. The summed E-state index contributed by atoms with van der Waals surface area (Å²) >= 11 is 1.35. The Kier molecular flexibility index (Phi) is 8.39. The van der Waals surface area contributed by atoms with Crippen LogP contribution in [0.25, 0.3) is 10.2 Å². The monoisotopic (exact) mass is 577 g/mol. The molecular weight excluding hydrogens is 542 g/mol. The van der Waals surface area contributed by atoms with Crippen LogP contribution in [0.5, 0.6) is 5.19 Å². The molecule has 0 spiro atoms. The molecule has 1 aliphatic heterocycles. The first kappa shape index (κ1) is 29.6. The molecule has 3 aromatic rings. The minimum absolute atomic E-state index is 0.109. The number of fused-ring (bicyclic) bond motifs is 1. The molecule has 12 heteroatoms. The number of rotatable bonds is 5. The predicted molar refractivity (Wildman–Crippen MR) is 162 cm³/mol. The van der Waals surface area contributed by atoms with Crippen molar-refractivity contribution in [1.29, 1.82) is 5.26 Å². The number of carbonyl (C=O) groups excluding carboxylic acids is 2. The Morgan fingerprint density at radius 3 is 2.51 bits per heavy atom. The predicted octanol–water partition coefficient (Wildman–Crippen LogP) is 4.89. The van der Waals surface area contributed by atoms with Crippen LogP contribution in [0, 0.1) is 11.3 Å². The molecule has 1 saturated heterocycles. The van der Waals surface area contributed by atoms with E-state index in [0.29, 0.717) is 46.3 Å². The molecule has 0 radical (unpaired) electrons. The third-order valence-electron chi connectivity index (χ3n) is 6.64. The Labute approximate surface area is 243 Å². The van der Waals surface area contributed by atoms with Crippen LogP contribution in [0.4, 0.5) is 21.9 Å². The average Bonchev–Trinajstić information content (AvgIpc) is 3.33. The number of thiazole rings is 1. The van der Waals surface area contributed by atoms with Crippen molar-refractivity contribution < 1.29 is 19.1 Å². The lowest BCUT2D eigenvalue weighted by atomic mass is 10.1. The number of carbonyl (C=O) groups is 2. The summed E-state index contributed by atoms with van der Waals surface area (Å²) in [6.07, 6.45) is 1.21. The van der Waals surface area contributed by atoms with Gasteiger partial charge in [-0.2, -0.15) is 5.26 Å². The van der Waals surface area contributed by atoms with Crippen LogP contribution in [0.3, 0.4) is 0 Å². The van der Waals surface area contributed by atoms with Crippen LogP contribution in [0.2, 0.25) is 0 Å². The zero-order chi connectivity index (χ0) is 30.1. The first-order valence-corrected chi connectivity index (χ1v) is 14.0. The zero-order valence-electron chi connectivity index (χ0n) is 24.3. The second-order valence-electron chi connectivity index (χ2n) is 11.0. The lowest BCUT2D eigenvalue weighted by Crippen LogP contribution is -2.59. The van der Waals surface area contributed by atoms with Crippen LogP contribution in [-0.4, -0.2) is 73.0 Å². The summed E-state index contributed by atoms with van der Waals surface area (Å²) in [5, 5.41) is 12.8. The van der Waals surface area contributed by atoms with Crippen LogP contribution < -0.4 is 20.7 Å².